The maximum absolute atomic E-state index is 14.4. The van der Waals surface area contributed by atoms with Gasteiger partial charge >= 0.3 is 0 Å². The summed E-state index contributed by atoms with van der Waals surface area (Å²) < 4.78 is -0.740. The number of hydrogen-bond donors (Lipinski definition) is 3. The van der Waals surface area contributed by atoms with Crippen LogP contribution in [0.4, 0.5) is 0 Å². The van der Waals surface area contributed by atoms with Crippen LogP contribution in [-0.4, -0.2) is 73.3 Å². The van der Waals surface area contributed by atoms with Crippen molar-refractivity contribution >= 4 is 45.4 Å². The Morgan fingerprint density at radius 1 is 1.18 bits per heavy atom. The maximum atomic E-state index is 14.4. The molecule has 3 fully saturated rings. The first-order valence-electron chi connectivity index (χ1n) is 14.1. The third-order valence-corrected chi connectivity index (χ3v) is 11.4. The van der Waals surface area contributed by atoms with Gasteiger partial charge in [0.05, 0.1) is 29.2 Å². The van der Waals surface area contributed by atoms with Crippen molar-refractivity contribution in [2.45, 2.75) is 99.7 Å². The number of likely N-dealkylation sites (tertiary alicyclic amines) is 1. The van der Waals surface area contributed by atoms with Crippen molar-refractivity contribution in [1.82, 2.24) is 15.5 Å². The summed E-state index contributed by atoms with van der Waals surface area (Å²) in [6.07, 6.45) is 2.62. The topological polar surface area (TPSA) is 98.7 Å². The molecule has 3 unspecified atom stereocenters. The highest BCUT2D eigenvalue weighted by Gasteiger charge is 2.76. The quantitative estimate of drug-likeness (QED) is 0.344. The van der Waals surface area contributed by atoms with Crippen LogP contribution in [0.3, 0.4) is 0 Å². The van der Waals surface area contributed by atoms with Crippen LogP contribution in [0.2, 0.25) is 0 Å². The molecule has 3 aliphatic heterocycles. The predicted molar refractivity (Wildman–Crippen MR) is 160 cm³/mol. The Labute approximate surface area is 245 Å². The lowest BCUT2D eigenvalue weighted by atomic mass is 9.70. The van der Waals surface area contributed by atoms with Crippen molar-refractivity contribution in [1.29, 1.82) is 0 Å². The molecule has 39 heavy (non-hydrogen) atoms. The van der Waals surface area contributed by atoms with Gasteiger partial charge in [-0.1, -0.05) is 74.0 Å². The van der Waals surface area contributed by atoms with Gasteiger partial charge in [-0.25, -0.2) is 0 Å². The van der Waals surface area contributed by atoms with E-state index in [-0.39, 0.29) is 39.8 Å². The van der Waals surface area contributed by atoms with Crippen molar-refractivity contribution < 1.29 is 19.5 Å². The number of fused-ring (bicyclic) bond motifs is 1. The van der Waals surface area contributed by atoms with E-state index < -0.39 is 34.2 Å². The SMILES string of the molecule is CCCNC(=O)[C@H]1[C@H]2C(=O)N([C@@H](CO)Cc3ccccc3)C(C(=O)NC(C)(C)CC(C)(C)C)C23CC(Br)[C@@H]1S3. The molecule has 3 N–H and O–H groups in total. The highest BCUT2D eigenvalue weighted by atomic mass is 79.9. The van der Waals surface area contributed by atoms with E-state index in [9.17, 15) is 19.5 Å². The monoisotopic (exact) mass is 621 g/mol. The highest BCUT2D eigenvalue weighted by Crippen LogP contribution is 2.68. The summed E-state index contributed by atoms with van der Waals surface area (Å²) in [6, 6.07) is 8.38. The fourth-order valence-corrected chi connectivity index (χ4v) is 10.9. The lowest BCUT2D eigenvalue weighted by Gasteiger charge is -2.40. The van der Waals surface area contributed by atoms with Crippen LogP contribution in [0.1, 0.15) is 66.4 Å². The largest absolute Gasteiger partial charge is 0.394 e. The van der Waals surface area contributed by atoms with E-state index >= 15 is 0 Å². The number of carbonyl (C=O) groups is 3. The van der Waals surface area contributed by atoms with Crippen LogP contribution in [0.25, 0.3) is 0 Å². The molecule has 7 atom stereocenters. The van der Waals surface area contributed by atoms with E-state index in [2.05, 4.69) is 47.3 Å². The molecule has 0 aliphatic carbocycles. The van der Waals surface area contributed by atoms with E-state index in [1.54, 1.807) is 16.7 Å². The lowest BCUT2D eigenvalue weighted by Crippen LogP contribution is -2.60. The molecule has 3 saturated heterocycles. The Kier molecular flexibility index (Phi) is 8.85. The molecule has 3 amide bonds. The van der Waals surface area contributed by atoms with Crippen molar-refractivity contribution in [2.75, 3.05) is 13.2 Å². The molecule has 1 spiro atoms. The second-order valence-electron chi connectivity index (χ2n) is 13.3. The van der Waals surface area contributed by atoms with Crippen molar-refractivity contribution in [2.24, 2.45) is 17.3 Å². The Hall–Kier alpha value is -1.58. The lowest BCUT2D eigenvalue weighted by molar-refractivity contribution is -0.143. The number of benzene rings is 1. The number of aliphatic hydroxyl groups is 1. The zero-order chi connectivity index (χ0) is 28.8. The first-order valence-corrected chi connectivity index (χ1v) is 15.9. The number of aliphatic hydroxyl groups excluding tert-OH is 1. The normalized spacial score (nSPS) is 30.8. The average Bonchev–Trinajstić information content (AvgIpc) is 3.43. The Morgan fingerprint density at radius 2 is 1.85 bits per heavy atom. The molecule has 216 valence electrons. The van der Waals surface area contributed by atoms with Gasteiger partial charge in [0.25, 0.3) is 0 Å². The molecule has 0 saturated carbocycles. The van der Waals surface area contributed by atoms with Gasteiger partial charge in [-0.3, -0.25) is 14.4 Å². The zero-order valence-electron chi connectivity index (χ0n) is 24.0. The van der Waals surface area contributed by atoms with E-state index in [0.29, 0.717) is 19.4 Å². The molecule has 4 rings (SSSR count). The van der Waals surface area contributed by atoms with Gasteiger partial charge in [0.2, 0.25) is 17.7 Å². The van der Waals surface area contributed by atoms with Gasteiger partial charge < -0.3 is 20.6 Å². The van der Waals surface area contributed by atoms with Crippen LogP contribution < -0.4 is 10.6 Å². The minimum absolute atomic E-state index is 0.00624. The Morgan fingerprint density at radius 3 is 2.44 bits per heavy atom. The van der Waals surface area contributed by atoms with Crippen molar-refractivity contribution in [3.63, 3.8) is 0 Å². The molecule has 3 aliphatic rings. The minimum Gasteiger partial charge on any atom is -0.394 e. The molecular formula is C30H44BrN3O4S. The van der Waals surface area contributed by atoms with E-state index in [1.165, 1.54) is 0 Å². The number of nitrogens with one attached hydrogen (secondary N) is 2. The Bertz CT molecular complexity index is 1080. The summed E-state index contributed by atoms with van der Waals surface area (Å²) in [6.45, 7) is 12.8. The van der Waals surface area contributed by atoms with E-state index in [4.69, 9.17) is 0 Å². The van der Waals surface area contributed by atoms with Gasteiger partial charge in [0.1, 0.15) is 6.04 Å². The minimum atomic E-state index is -0.783. The predicted octanol–water partition coefficient (Wildman–Crippen LogP) is 3.91. The molecule has 1 aromatic rings. The smallest absolute Gasteiger partial charge is 0.244 e. The standard InChI is InChI=1S/C30H44BrN3O4S/c1-7-13-32-25(36)21-22-27(38)34(19(16-35)14-18-11-9-8-10-12-18)24(30(22)15-20(31)23(21)39-30)26(37)33-29(5,6)17-28(2,3)4/h8-12,19-24,35H,7,13-17H2,1-6H3,(H,32,36)(H,33,37)/t19-,20?,21+,22+,23+,24?,30?/m1/s1. The van der Waals surface area contributed by atoms with E-state index in [1.807, 2.05) is 51.1 Å². The molecule has 2 bridgehead atoms. The van der Waals surface area contributed by atoms with Crippen molar-refractivity contribution in [3.8, 4) is 0 Å². The molecule has 0 aromatic heterocycles. The first kappa shape index (κ1) is 30.4. The maximum Gasteiger partial charge on any atom is 0.244 e. The summed E-state index contributed by atoms with van der Waals surface area (Å²) in [7, 11) is 0. The number of carbonyl (C=O) groups excluding carboxylic acids is 3. The van der Waals surface area contributed by atoms with Crippen molar-refractivity contribution in [3.05, 3.63) is 35.9 Å². The van der Waals surface area contributed by atoms with Crippen LogP contribution in [0.15, 0.2) is 30.3 Å². The fourth-order valence-electron chi connectivity index (χ4n) is 7.33. The van der Waals surface area contributed by atoms with Crippen LogP contribution in [0, 0.1) is 17.3 Å². The van der Waals surface area contributed by atoms with Gasteiger partial charge in [0.15, 0.2) is 0 Å². The van der Waals surface area contributed by atoms with Gasteiger partial charge in [0, 0.05) is 22.2 Å². The third kappa shape index (κ3) is 5.91. The molecule has 0 radical (unpaired) electrons. The summed E-state index contributed by atoms with van der Waals surface area (Å²) >= 11 is 5.45. The molecular weight excluding hydrogens is 578 g/mol. The molecule has 1 aromatic carbocycles. The number of amides is 3. The first-order chi connectivity index (χ1) is 18.2. The number of thioether (sulfide) groups is 1. The van der Waals surface area contributed by atoms with Crippen LogP contribution in [-0.2, 0) is 20.8 Å². The zero-order valence-corrected chi connectivity index (χ0v) is 26.4. The van der Waals surface area contributed by atoms with E-state index in [0.717, 1.165) is 18.4 Å². The number of alkyl halides is 1. The number of halogens is 1. The third-order valence-electron chi connectivity index (χ3n) is 8.18. The number of nitrogens with zero attached hydrogens (tertiary/aromatic N) is 1. The fraction of sp³-hybridized carbons (Fsp3) is 0.700. The summed E-state index contributed by atoms with van der Waals surface area (Å²) in [4.78, 5) is 43.9. The van der Waals surface area contributed by atoms with Gasteiger partial charge in [-0.2, -0.15) is 0 Å². The second-order valence-corrected chi connectivity index (χ2v) is 16.1. The Balaban J connectivity index is 1.75. The number of rotatable bonds is 10. The van der Waals surface area contributed by atoms with Gasteiger partial charge in [-0.05, 0) is 50.5 Å². The van der Waals surface area contributed by atoms with Crippen LogP contribution >= 0.6 is 27.7 Å². The molecule has 9 heteroatoms. The summed E-state index contributed by atoms with van der Waals surface area (Å²) in [5.41, 5.74) is 0.479. The second kappa shape index (κ2) is 11.4. The summed E-state index contributed by atoms with van der Waals surface area (Å²) in [5, 5.41) is 16.8. The molecule has 3 heterocycles. The van der Waals surface area contributed by atoms with Gasteiger partial charge in [-0.15, -0.1) is 11.8 Å². The molecule has 7 nitrogen and oxygen atoms in total. The highest BCUT2D eigenvalue weighted by molar-refractivity contribution is 9.09. The summed E-state index contributed by atoms with van der Waals surface area (Å²) in [5.74, 6) is -1.63. The number of hydrogen-bond acceptors (Lipinski definition) is 5. The average molecular weight is 623 g/mol. The van der Waals surface area contributed by atoms with Crippen LogP contribution in [0.5, 0.6) is 0 Å².